The second-order valence-electron chi connectivity index (χ2n) is 6.79. The first-order valence-electron chi connectivity index (χ1n) is 8.11. The molecule has 0 aromatic carbocycles. The fraction of sp³-hybridized carbons (Fsp3) is 0.933. The van der Waals surface area contributed by atoms with Crippen molar-refractivity contribution in [3.63, 3.8) is 0 Å². The summed E-state index contributed by atoms with van der Waals surface area (Å²) in [5.74, 6) is -2.47. The van der Waals surface area contributed by atoms with Crippen molar-refractivity contribution < 1.29 is 44.9 Å². The molecule has 1 rings (SSSR count). The van der Waals surface area contributed by atoms with Gasteiger partial charge in [-0.25, -0.2) is 0 Å². The third-order valence-corrected chi connectivity index (χ3v) is 4.27. The summed E-state index contributed by atoms with van der Waals surface area (Å²) >= 11 is 0. The number of aliphatic hydroxyl groups excluding tert-OH is 6. The zero-order valence-electron chi connectivity index (χ0n) is 14.5. The Morgan fingerprint density at radius 3 is 2.44 bits per heavy atom. The number of rotatable bonds is 10. The van der Waals surface area contributed by atoms with Crippen LogP contribution in [-0.4, -0.2) is 99.7 Å². The van der Waals surface area contributed by atoms with Crippen molar-refractivity contribution in [2.45, 2.75) is 50.5 Å². The standard InChI is InChI=1S/C15H29NO9/c1-14(2,7-18)12(22)13(23)16-4-3-5-24-15(8-19)11(21)10(20)9(6-17)25-15/h9-12,17-22H,3-8H2,1-2H3,(H,16,23)/t9?,10?,11?,12-,15?/m0/s1. The van der Waals surface area contributed by atoms with E-state index >= 15 is 0 Å². The number of hydrogen-bond acceptors (Lipinski definition) is 9. The molecule has 148 valence electrons. The molecule has 0 radical (unpaired) electrons. The third-order valence-electron chi connectivity index (χ3n) is 4.27. The summed E-state index contributed by atoms with van der Waals surface area (Å²) in [6.45, 7) is 1.59. The minimum atomic E-state index is -1.84. The molecule has 1 fully saturated rings. The molecule has 25 heavy (non-hydrogen) atoms. The normalized spacial score (nSPS) is 31.1. The second-order valence-corrected chi connectivity index (χ2v) is 6.79. The van der Waals surface area contributed by atoms with E-state index in [2.05, 4.69) is 5.32 Å². The summed E-state index contributed by atoms with van der Waals surface area (Å²) in [6, 6.07) is 0. The predicted molar refractivity (Wildman–Crippen MR) is 84.2 cm³/mol. The molecule has 5 atom stereocenters. The lowest BCUT2D eigenvalue weighted by Gasteiger charge is -2.30. The molecule has 1 aliphatic heterocycles. The van der Waals surface area contributed by atoms with Crippen LogP contribution in [0, 0.1) is 5.41 Å². The summed E-state index contributed by atoms with van der Waals surface area (Å²) < 4.78 is 10.6. The number of nitrogens with one attached hydrogen (secondary N) is 1. The van der Waals surface area contributed by atoms with Gasteiger partial charge in [0.15, 0.2) is 0 Å². The van der Waals surface area contributed by atoms with E-state index in [4.69, 9.17) is 19.7 Å². The fourth-order valence-corrected chi connectivity index (χ4v) is 2.37. The summed E-state index contributed by atoms with van der Waals surface area (Å²) in [5, 5.41) is 59.6. The highest BCUT2D eigenvalue weighted by molar-refractivity contribution is 5.81. The van der Waals surface area contributed by atoms with Crippen LogP contribution >= 0.6 is 0 Å². The van der Waals surface area contributed by atoms with Crippen molar-refractivity contribution in [3.05, 3.63) is 0 Å². The van der Waals surface area contributed by atoms with E-state index in [1.54, 1.807) is 13.8 Å². The van der Waals surface area contributed by atoms with Crippen LogP contribution in [0.25, 0.3) is 0 Å². The van der Waals surface area contributed by atoms with Gasteiger partial charge in [-0.2, -0.15) is 0 Å². The maximum absolute atomic E-state index is 11.8. The molecule has 7 N–H and O–H groups in total. The second kappa shape index (κ2) is 9.19. The van der Waals surface area contributed by atoms with Gasteiger partial charge in [-0.3, -0.25) is 4.79 Å². The molecule has 0 saturated carbocycles. The van der Waals surface area contributed by atoms with Crippen LogP contribution in [0.2, 0.25) is 0 Å². The Bertz CT molecular complexity index is 433. The van der Waals surface area contributed by atoms with Gasteiger partial charge in [0.05, 0.1) is 19.8 Å². The van der Waals surface area contributed by atoms with Crippen LogP contribution in [0.15, 0.2) is 0 Å². The van der Waals surface area contributed by atoms with Crippen LogP contribution in [0.3, 0.4) is 0 Å². The molecule has 0 spiro atoms. The molecular formula is C15H29NO9. The Hall–Kier alpha value is -0.850. The van der Waals surface area contributed by atoms with Crippen LogP contribution in [0.1, 0.15) is 20.3 Å². The van der Waals surface area contributed by atoms with Crippen molar-refractivity contribution >= 4 is 5.91 Å². The van der Waals surface area contributed by atoms with Crippen molar-refractivity contribution in [2.24, 2.45) is 5.41 Å². The number of hydrogen-bond donors (Lipinski definition) is 7. The lowest BCUT2D eigenvalue weighted by Crippen LogP contribution is -2.49. The van der Waals surface area contributed by atoms with Gasteiger partial charge in [0.2, 0.25) is 11.7 Å². The molecule has 0 aromatic heterocycles. The van der Waals surface area contributed by atoms with Gasteiger partial charge in [-0.1, -0.05) is 13.8 Å². The van der Waals surface area contributed by atoms with Crippen molar-refractivity contribution in [3.8, 4) is 0 Å². The summed E-state index contributed by atoms with van der Waals surface area (Å²) in [5.41, 5.74) is -0.973. The monoisotopic (exact) mass is 367 g/mol. The van der Waals surface area contributed by atoms with Gasteiger partial charge in [-0.05, 0) is 6.42 Å². The zero-order valence-corrected chi connectivity index (χ0v) is 14.5. The summed E-state index contributed by atoms with van der Waals surface area (Å²) in [4.78, 5) is 11.8. The van der Waals surface area contributed by atoms with E-state index in [1.165, 1.54) is 0 Å². The topological polar surface area (TPSA) is 169 Å². The molecule has 0 aliphatic carbocycles. The molecule has 1 aliphatic rings. The van der Waals surface area contributed by atoms with E-state index < -0.39 is 54.7 Å². The first-order valence-corrected chi connectivity index (χ1v) is 8.11. The highest BCUT2D eigenvalue weighted by Crippen LogP contribution is 2.32. The molecule has 4 unspecified atom stereocenters. The van der Waals surface area contributed by atoms with E-state index in [9.17, 15) is 25.2 Å². The van der Waals surface area contributed by atoms with Crippen LogP contribution < -0.4 is 5.32 Å². The van der Waals surface area contributed by atoms with Gasteiger partial charge in [0.25, 0.3) is 0 Å². The minimum Gasteiger partial charge on any atom is -0.396 e. The number of carbonyl (C=O) groups excluding carboxylic acids is 1. The van der Waals surface area contributed by atoms with Crippen molar-refractivity contribution in [1.29, 1.82) is 0 Å². The van der Waals surface area contributed by atoms with Crippen LogP contribution in [0.5, 0.6) is 0 Å². The third kappa shape index (κ3) is 5.08. The Morgan fingerprint density at radius 1 is 1.32 bits per heavy atom. The molecule has 0 bridgehead atoms. The lowest BCUT2D eigenvalue weighted by atomic mass is 9.87. The highest BCUT2D eigenvalue weighted by atomic mass is 16.7. The zero-order chi connectivity index (χ0) is 19.3. The average molecular weight is 367 g/mol. The quantitative estimate of drug-likeness (QED) is 0.195. The Balaban J connectivity index is 2.41. The van der Waals surface area contributed by atoms with E-state index in [0.717, 1.165) is 0 Å². The summed E-state index contributed by atoms with van der Waals surface area (Å²) in [6.07, 6.45) is -5.10. The Morgan fingerprint density at radius 2 is 1.96 bits per heavy atom. The van der Waals surface area contributed by atoms with Gasteiger partial charge in [0, 0.05) is 12.0 Å². The van der Waals surface area contributed by atoms with Crippen LogP contribution in [0.4, 0.5) is 0 Å². The molecule has 0 aromatic rings. The molecule has 1 amide bonds. The average Bonchev–Trinajstić information content (AvgIpc) is 2.85. The smallest absolute Gasteiger partial charge is 0.249 e. The van der Waals surface area contributed by atoms with Gasteiger partial charge in [-0.15, -0.1) is 0 Å². The first-order chi connectivity index (χ1) is 11.6. The van der Waals surface area contributed by atoms with Gasteiger partial charge in [0.1, 0.15) is 31.0 Å². The highest BCUT2D eigenvalue weighted by Gasteiger charge is 2.54. The molecule has 1 heterocycles. The van der Waals surface area contributed by atoms with E-state index in [1.807, 2.05) is 0 Å². The largest absolute Gasteiger partial charge is 0.396 e. The van der Waals surface area contributed by atoms with Crippen molar-refractivity contribution in [2.75, 3.05) is 33.0 Å². The maximum atomic E-state index is 11.8. The summed E-state index contributed by atoms with van der Waals surface area (Å²) in [7, 11) is 0. The van der Waals surface area contributed by atoms with E-state index in [0.29, 0.717) is 0 Å². The van der Waals surface area contributed by atoms with Gasteiger partial charge < -0.3 is 45.4 Å². The fourth-order valence-electron chi connectivity index (χ4n) is 2.37. The predicted octanol–water partition coefficient (Wildman–Crippen LogP) is -3.31. The Kier molecular flexibility index (Phi) is 8.16. The van der Waals surface area contributed by atoms with Crippen LogP contribution in [-0.2, 0) is 14.3 Å². The molecule has 10 nitrogen and oxygen atoms in total. The lowest BCUT2D eigenvalue weighted by molar-refractivity contribution is -0.276. The number of aliphatic hydroxyl groups is 6. The minimum absolute atomic E-state index is 0.0255. The SMILES string of the molecule is CC(C)(CO)[C@@H](O)C(=O)NCCCOC1(CO)OC(CO)C(O)C1O. The Labute approximate surface area is 146 Å². The molecule has 1 saturated heterocycles. The number of carbonyl (C=O) groups is 1. The number of ether oxygens (including phenoxy) is 2. The van der Waals surface area contributed by atoms with Gasteiger partial charge >= 0.3 is 0 Å². The van der Waals surface area contributed by atoms with Crippen molar-refractivity contribution in [1.82, 2.24) is 5.32 Å². The maximum Gasteiger partial charge on any atom is 0.249 e. The van der Waals surface area contributed by atoms with E-state index in [-0.39, 0.29) is 26.2 Å². The molecular weight excluding hydrogens is 338 g/mol. The number of amides is 1. The first kappa shape index (κ1) is 22.2. The molecule has 10 heteroatoms.